The first kappa shape index (κ1) is 25.1. The molecule has 0 radical (unpaired) electrons. The molecule has 0 unspecified atom stereocenters. The minimum absolute atomic E-state index is 0.00241. The summed E-state index contributed by atoms with van der Waals surface area (Å²) < 4.78 is 21.7. The number of ketones is 1. The number of benzene rings is 2. The van der Waals surface area contributed by atoms with Crippen LogP contribution in [0.5, 0.6) is 17.2 Å². The molecule has 2 aromatic carbocycles. The molecule has 1 heterocycles. The molecule has 1 amide bonds. The van der Waals surface area contributed by atoms with Gasteiger partial charge in [-0.2, -0.15) is 0 Å². The number of Topliss-reactive ketones (excluding diaryl/α,β-unsaturated/α-hetero) is 1. The molecule has 3 rings (SSSR count). The van der Waals surface area contributed by atoms with Crippen LogP contribution in [0.1, 0.15) is 37.4 Å². The SMILES string of the molecule is COCCCN1C(=O)C(=O)C(=C(O)c2ccc(OC(C)C)cc2)[C@H]1c1cc(OC)ccc1OC. The molecule has 1 N–H and O–H groups in total. The molecule has 0 saturated carbocycles. The molecule has 0 spiro atoms. The van der Waals surface area contributed by atoms with Gasteiger partial charge in [-0.05, 0) is 62.7 Å². The Morgan fingerprint density at radius 1 is 1.00 bits per heavy atom. The van der Waals surface area contributed by atoms with Crippen LogP contribution in [-0.2, 0) is 14.3 Å². The van der Waals surface area contributed by atoms with Gasteiger partial charge in [-0.15, -0.1) is 0 Å². The number of rotatable bonds is 10. The maximum atomic E-state index is 13.2. The van der Waals surface area contributed by atoms with Gasteiger partial charge in [-0.3, -0.25) is 9.59 Å². The van der Waals surface area contributed by atoms with Crippen molar-refractivity contribution in [3.63, 3.8) is 0 Å². The molecule has 34 heavy (non-hydrogen) atoms. The second-order valence-electron chi connectivity index (χ2n) is 8.14. The van der Waals surface area contributed by atoms with E-state index in [-0.39, 0.29) is 24.0 Å². The average Bonchev–Trinajstić information content (AvgIpc) is 3.08. The third-order valence-electron chi connectivity index (χ3n) is 5.52. The number of carbonyl (C=O) groups is 2. The van der Waals surface area contributed by atoms with Gasteiger partial charge in [-0.1, -0.05) is 0 Å². The molecule has 1 aliphatic rings. The zero-order chi connectivity index (χ0) is 24.8. The highest BCUT2D eigenvalue weighted by Crippen LogP contribution is 2.44. The highest BCUT2D eigenvalue weighted by atomic mass is 16.5. The molecule has 2 aromatic rings. The van der Waals surface area contributed by atoms with Crippen molar-refractivity contribution >= 4 is 17.4 Å². The zero-order valence-electron chi connectivity index (χ0n) is 20.2. The summed E-state index contributed by atoms with van der Waals surface area (Å²) in [6.07, 6.45) is 0.519. The number of ether oxygens (including phenoxy) is 4. The quantitative estimate of drug-likeness (QED) is 0.244. The number of aliphatic hydroxyl groups is 1. The Kier molecular flexibility index (Phi) is 8.17. The Morgan fingerprint density at radius 2 is 1.68 bits per heavy atom. The molecule has 1 fully saturated rings. The van der Waals surface area contributed by atoms with Gasteiger partial charge in [0.1, 0.15) is 23.0 Å². The van der Waals surface area contributed by atoms with Crippen molar-refractivity contribution < 1.29 is 33.6 Å². The van der Waals surface area contributed by atoms with Gasteiger partial charge in [0.25, 0.3) is 11.7 Å². The molecule has 8 nitrogen and oxygen atoms in total. The lowest BCUT2D eigenvalue weighted by molar-refractivity contribution is -0.140. The molecule has 1 aliphatic heterocycles. The number of methoxy groups -OCH3 is 3. The Labute approximate surface area is 199 Å². The van der Waals surface area contributed by atoms with E-state index in [1.807, 2.05) is 13.8 Å². The molecule has 182 valence electrons. The summed E-state index contributed by atoms with van der Waals surface area (Å²) in [5, 5.41) is 11.2. The summed E-state index contributed by atoms with van der Waals surface area (Å²) in [5.74, 6) is -0.0692. The first-order chi connectivity index (χ1) is 16.3. The molecule has 1 atom stereocenters. The lowest BCUT2D eigenvalue weighted by Crippen LogP contribution is -2.31. The number of carbonyl (C=O) groups excluding carboxylic acids is 2. The first-order valence-electron chi connectivity index (χ1n) is 11.1. The topological polar surface area (TPSA) is 94.5 Å². The van der Waals surface area contributed by atoms with E-state index in [9.17, 15) is 14.7 Å². The van der Waals surface area contributed by atoms with E-state index in [1.165, 1.54) is 19.1 Å². The van der Waals surface area contributed by atoms with Crippen LogP contribution < -0.4 is 14.2 Å². The van der Waals surface area contributed by atoms with Gasteiger partial charge in [-0.25, -0.2) is 0 Å². The van der Waals surface area contributed by atoms with E-state index in [0.29, 0.717) is 41.4 Å². The van der Waals surface area contributed by atoms with Gasteiger partial charge >= 0.3 is 0 Å². The molecule has 8 heteroatoms. The summed E-state index contributed by atoms with van der Waals surface area (Å²) in [4.78, 5) is 27.7. The second kappa shape index (κ2) is 11.1. The van der Waals surface area contributed by atoms with E-state index in [1.54, 1.807) is 49.6 Å². The number of nitrogens with zero attached hydrogens (tertiary/aromatic N) is 1. The predicted octanol–water partition coefficient (Wildman–Crippen LogP) is 3.95. The van der Waals surface area contributed by atoms with Crippen LogP contribution in [0.2, 0.25) is 0 Å². The minimum atomic E-state index is -0.853. The average molecular weight is 470 g/mol. The molecular formula is C26H31NO7. The van der Waals surface area contributed by atoms with Gasteiger partial charge in [0.15, 0.2) is 0 Å². The van der Waals surface area contributed by atoms with Crippen molar-refractivity contribution in [1.82, 2.24) is 4.90 Å². The summed E-state index contributed by atoms with van der Waals surface area (Å²) in [6, 6.07) is 11.0. The van der Waals surface area contributed by atoms with E-state index < -0.39 is 17.7 Å². The lowest BCUT2D eigenvalue weighted by atomic mass is 9.94. The molecule has 0 aromatic heterocycles. The van der Waals surface area contributed by atoms with Crippen LogP contribution in [0, 0.1) is 0 Å². The molecule has 1 saturated heterocycles. The van der Waals surface area contributed by atoms with Crippen molar-refractivity contribution in [3.05, 3.63) is 59.2 Å². The second-order valence-corrected chi connectivity index (χ2v) is 8.14. The maximum Gasteiger partial charge on any atom is 0.295 e. The van der Waals surface area contributed by atoms with Gasteiger partial charge in [0, 0.05) is 31.4 Å². The summed E-state index contributed by atoms with van der Waals surface area (Å²) in [5.41, 5.74) is 0.934. The summed E-state index contributed by atoms with van der Waals surface area (Å²) in [6.45, 7) is 4.52. The third-order valence-corrected chi connectivity index (χ3v) is 5.52. The van der Waals surface area contributed by atoms with Crippen LogP contribution in [0.25, 0.3) is 5.76 Å². The van der Waals surface area contributed by atoms with E-state index in [0.717, 1.165) is 0 Å². The van der Waals surface area contributed by atoms with Crippen LogP contribution in [0.15, 0.2) is 48.0 Å². The Bertz CT molecular complexity index is 1060. The Hall–Kier alpha value is -3.52. The fourth-order valence-corrected chi connectivity index (χ4v) is 3.99. The number of amides is 1. The summed E-state index contributed by atoms with van der Waals surface area (Å²) >= 11 is 0. The number of hydrogen-bond acceptors (Lipinski definition) is 7. The largest absolute Gasteiger partial charge is 0.507 e. The fourth-order valence-electron chi connectivity index (χ4n) is 3.99. The zero-order valence-corrected chi connectivity index (χ0v) is 20.2. The maximum absolute atomic E-state index is 13.2. The highest BCUT2D eigenvalue weighted by Gasteiger charge is 2.47. The van der Waals surface area contributed by atoms with Crippen molar-refractivity contribution in [2.45, 2.75) is 32.4 Å². The monoisotopic (exact) mass is 469 g/mol. The van der Waals surface area contributed by atoms with Crippen molar-refractivity contribution in [2.24, 2.45) is 0 Å². The minimum Gasteiger partial charge on any atom is -0.507 e. The first-order valence-corrected chi connectivity index (χ1v) is 11.1. The standard InChI is InChI=1S/C26H31NO7/c1-16(2)34-18-9-7-17(8-10-18)24(28)22-23(20-15-19(32-4)11-12-21(20)33-5)27(13-6-14-31-3)26(30)25(22)29/h7-12,15-16,23,28H,6,13-14H2,1-5H3/t23-/m1/s1. The van der Waals surface area contributed by atoms with E-state index in [2.05, 4.69) is 0 Å². The molecular weight excluding hydrogens is 438 g/mol. The van der Waals surface area contributed by atoms with Crippen molar-refractivity contribution in [3.8, 4) is 17.2 Å². The number of aliphatic hydroxyl groups excluding tert-OH is 1. The fraction of sp³-hybridized carbons (Fsp3) is 0.385. The number of likely N-dealkylation sites (tertiary alicyclic amines) is 1. The molecule has 0 aliphatic carbocycles. The smallest absolute Gasteiger partial charge is 0.295 e. The van der Waals surface area contributed by atoms with Crippen molar-refractivity contribution in [1.29, 1.82) is 0 Å². The summed E-state index contributed by atoms with van der Waals surface area (Å²) in [7, 11) is 4.61. The molecule has 0 bridgehead atoms. The normalized spacial score (nSPS) is 17.4. The lowest BCUT2D eigenvalue weighted by Gasteiger charge is -2.27. The van der Waals surface area contributed by atoms with E-state index in [4.69, 9.17) is 18.9 Å². The van der Waals surface area contributed by atoms with Crippen LogP contribution in [-0.4, -0.2) is 62.3 Å². The predicted molar refractivity (Wildman–Crippen MR) is 127 cm³/mol. The number of hydrogen-bond donors (Lipinski definition) is 1. The van der Waals surface area contributed by atoms with Gasteiger partial charge in [0.05, 0.1) is 31.9 Å². The third kappa shape index (κ3) is 5.17. The Balaban J connectivity index is 2.15. The van der Waals surface area contributed by atoms with Gasteiger partial charge < -0.3 is 29.0 Å². The van der Waals surface area contributed by atoms with Crippen LogP contribution >= 0.6 is 0 Å². The van der Waals surface area contributed by atoms with Crippen molar-refractivity contribution in [2.75, 3.05) is 34.5 Å². The van der Waals surface area contributed by atoms with E-state index >= 15 is 0 Å². The highest BCUT2D eigenvalue weighted by molar-refractivity contribution is 6.46. The van der Waals surface area contributed by atoms with Gasteiger partial charge in [0.2, 0.25) is 0 Å². The Morgan fingerprint density at radius 3 is 2.26 bits per heavy atom. The van der Waals surface area contributed by atoms with Crippen LogP contribution in [0.4, 0.5) is 0 Å². The van der Waals surface area contributed by atoms with Crippen LogP contribution in [0.3, 0.4) is 0 Å².